The molecule has 0 spiro atoms. The van der Waals surface area contributed by atoms with Gasteiger partial charge in [0.05, 0.1) is 24.1 Å². The van der Waals surface area contributed by atoms with E-state index in [4.69, 9.17) is 15.2 Å². The van der Waals surface area contributed by atoms with E-state index in [1.807, 2.05) is 0 Å². The highest BCUT2D eigenvalue weighted by atomic mass is 32.2. The molecule has 0 amide bonds. The number of sulfone groups is 1. The Morgan fingerprint density at radius 3 is 2.56 bits per heavy atom. The summed E-state index contributed by atoms with van der Waals surface area (Å²) in [6.45, 7) is -0.177. The number of rotatable bonds is 5. The van der Waals surface area contributed by atoms with Crippen molar-refractivity contribution in [1.82, 2.24) is 0 Å². The molecule has 0 fully saturated rings. The average molecular weight is 273 g/mol. The van der Waals surface area contributed by atoms with E-state index in [0.717, 1.165) is 6.26 Å². The molecule has 0 saturated carbocycles. The lowest BCUT2D eigenvalue weighted by Crippen LogP contribution is -2.14. The van der Waals surface area contributed by atoms with Gasteiger partial charge in [-0.15, -0.1) is 0 Å². The van der Waals surface area contributed by atoms with E-state index >= 15 is 0 Å². The first-order valence-electron chi connectivity index (χ1n) is 5.12. The summed E-state index contributed by atoms with van der Waals surface area (Å²) in [7, 11) is -1.67. The van der Waals surface area contributed by atoms with E-state index in [0.29, 0.717) is 11.4 Å². The number of nitrogen functional groups attached to an aromatic ring is 1. The van der Waals surface area contributed by atoms with E-state index in [-0.39, 0.29) is 17.9 Å². The predicted octanol–water partition coefficient (Wildman–Crippen LogP) is 0.479. The zero-order valence-electron chi connectivity index (χ0n) is 10.2. The van der Waals surface area contributed by atoms with Crippen LogP contribution in [0.25, 0.3) is 0 Å². The molecule has 100 valence electrons. The number of methoxy groups -OCH3 is 1. The van der Waals surface area contributed by atoms with E-state index in [9.17, 15) is 13.2 Å². The summed E-state index contributed by atoms with van der Waals surface area (Å²) >= 11 is 0. The first-order chi connectivity index (χ1) is 8.33. The number of benzene rings is 1. The van der Waals surface area contributed by atoms with Gasteiger partial charge in [0.15, 0.2) is 9.84 Å². The minimum Gasteiger partial charge on any atom is -0.495 e. The van der Waals surface area contributed by atoms with E-state index in [1.165, 1.54) is 19.2 Å². The van der Waals surface area contributed by atoms with E-state index in [1.54, 1.807) is 6.07 Å². The van der Waals surface area contributed by atoms with Crippen LogP contribution in [0.1, 0.15) is 10.4 Å². The molecule has 0 bridgehead atoms. The number of carbonyl (C=O) groups excluding carboxylic acids is 1. The van der Waals surface area contributed by atoms with Crippen LogP contribution in [0.4, 0.5) is 5.69 Å². The maximum absolute atomic E-state index is 11.6. The van der Waals surface area contributed by atoms with Crippen molar-refractivity contribution in [2.45, 2.75) is 0 Å². The predicted molar refractivity (Wildman–Crippen MR) is 67.4 cm³/mol. The Bertz CT molecular complexity index is 538. The third-order valence-electron chi connectivity index (χ3n) is 2.15. The molecular weight excluding hydrogens is 258 g/mol. The number of carbonyl (C=O) groups is 1. The molecule has 0 aliphatic rings. The molecule has 0 aliphatic carbocycles. The molecule has 0 atom stereocenters. The second kappa shape index (κ2) is 5.72. The van der Waals surface area contributed by atoms with Crippen LogP contribution in [0.15, 0.2) is 18.2 Å². The molecule has 7 heteroatoms. The Labute approximate surface area is 106 Å². The van der Waals surface area contributed by atoms with Gasteiger partial charge in [-0.3, -0.25) is 0 Å². The van der Waals surface area contributed by atoms with Crippen molar-refractivity contribution in [2.24, 2.45) is 0 Å². The van der Waals surface area contributed by atoms with Crippen LogP contribution in [-0.4, -0.2) is 40.1 Å². The number of hydrogen-bond acceptors (Lipinski definition) is 6. The van der Waals surface area contributed by atoms with E-state index < -0.39 is 15.8 Å². The van der Waals surface area contributed by atoms with E-state index in [2.05, 4.69) is 0 Å². The second-order valence-electron chi connectivity index (χ2n) is 3.72. The molecule has 1 aromatic carbocycles. The van der Waals surface area contributed by atoms with Gasteiger partial charge in [-0.2, -0.15) is 0 Å². The van der Waals surface area contributed by atoms with Gasteiger partial charge in [-0.25, -0.2) is 13.2 Å². The van der Waals surface area contributed by atoms with Gasteiger partial charge < -0.3 is 15.2 Å². The molecule has 0 saturated heterocycles. The zero-order valence-corrected chi connectivity index (χ0v) is 11.0. The molecule has 0 radical (unpaired) electrons. The topological polar surface area (TPSA) is 95.7 Å². The van der Waals surface area contributed by atoms with Crippen LogP contribution >= 0.6 is 0 Å². The molecular formula is C11H15NO5S. The number of esters is 1. The van der Waals surface area contributed by atoms with Crippen LogP contribution < -0.4 is 10.5 Å². The number of nitrogens with two attached hydrogens (primary N) is 1. The van der Waals surface area contributed by atoms with Crippen molar-refractivity contribution in [1.29, 1.82) is 0 Å². The van der Waals surface area contributed by atoms with Gasteiger partial charge in [-0.05, 0) is 18.2 Å². The summed E-state index contributed by atoms with van der Waals surface area (Å²) in [6, 6.07) is 4.46. The molecule has 1 aromatic rings. The quantitative estimate of drug-likeness (QED) is 0.619. The zero-order chi connectivity index (χ0) is 13.8. The highest BCUT2D eigenvalue weighted by molar-refractivity contribution is 7.90. The molecule has 6 nitrogen and oxygen atoms in total. The van der Waals surface area contributed by atoms with Crippen LogP contribution in [0, 0.1) is 0 Å². The molecule has 0 aliphatic heterocycles. The fourth-order valence-electron chi connectivity index (χ4n) is 1.23. The minimum atomic E-state index is -3.14. The summed E-state index contributed by atoms with van der Waals surface area (Å²) in [5.74, 6) is -0.361. The van der Waals surface area contributed by atoms with Crippen LogP contribution in [0.5, 0.6) is 5.75 Å². The Morgan fingerprint density at radius 1 is 1.39 bits per heavy atom. The van der Waals surface area contributed by atoms with Gasteiger partial charge >= 0.3 is 5.97 Å². The summed E-state index contributed by atoms with van der Waals surface area (Å²) in [4.78, 5) is 11.6. The van der Waals surface area contributed by atoms with Crippen LogP contribution in [-0.2, 0) is 14.6 Å². The highest BCUT2D eigenvalue weighted by Crippen LogP contribution is 2.22. The Morgan fingerprint density at radius 2 is 2.06 bits per heavy atom. The third-order valence-corrected chi connectivity index (χ3v) is 3.06. The Balaban J connectivity index is 2.65. The second-order valence-corrected chi connectivity index (χ2v) is 5.98. The van der Waals surface area contributed by atoms with Crippen molar-refractivity contribution in [2.75, 3.05) is 31.5 Å². The Kier molecular flexibility index (Phi) is 4.55. The number of hydrogen-bond donors (Lipinski definition) is 1. The van der Waals surface area contributed by atoms with Gasteiger partial charge in [0, 0.05) is 6.26 Å². The molecule has 18 heavy (non-hydrogen) atoms. The lowest BCUT2D eigenvalue weighted by atomic mass is 10.2. The first-order valence-corrected chi connectivity index (χ1v) is 7.18. The molecule has 0 heterocycles. The highest BCUT2D eigenvalue weighted by Gasteiger charge is 2.11. The smallest absolute Gasteiger partial charge is 0.338 e. The lowest BCUT2D eigenvalue weighted by molar-refractivity contribution is 0.0529. The average Bonchev–Trinajstić information content (AvgIpc) is 2.27. The number of anilines is 1. The maximum Gasteiger partial charge on any atom is 0.338 e. The summed E-state index contributed by atoms with van der Waals surface area (Å²) < 4.78 is 31.5. The van der Waals surface area contributed by atoms with Gasteiger partial charge in [0.1, 0.15) is 12.4 Å². The molecule has 2 N–H and O–H groups in total. The van der Waals surface area contributed by atoms with Gasteiger partial charge in [0.2, 0.25) is 0 Å². The van der Waals surface area contributed by atoms with Crippen molar-refractivity contribution in [3.63, 3.8) is 0 Å². The van der Waals surface area contributed by atoms with Crippen molar-refractivity contribution >= 4 is 21.5 Å². The Hall–Kier alpha value is -1.76. The monoisotopic (exact) mass is 273 g/mol. The van der Waals surface area contributed by atoms with Crippen molar-refractivity contribution in [3.05, 3.63) is 23.8 Å². The SMILES string of the molecule is COc1ccc(C(=O)OCCS(C)(=O)=O)cc1N. The normalized spacial score (nSPS) is 11.0. The van der Waals surface area contributed by atoms with Gasteiger partial charge in [0.25, 0.3) is 0 Å². The van der Waals surface area contributed by atoms with Crippen LogP contribution in [0.3, 0.4) is 0 Å². The van der Waals surface area contributed by atoms with Crippen LogP contribution in [0.2, 0.25) is 0 Å². The molecule has 1 rings (SSSR count). The third kappa shape index (κ3) is 4.25. The van der Waals surface area contributed by atoms with Gasteiger partial charge in [-0.1, -0.05) is 0 Å². The molecule has 0 unspecified atom stereocenters. The lowest BCUT2D eigenvalue weighted by Gasteiger charge is -2.07. The molecule has 0 aromatic heterocycles. The first kappa shape index (κ1) is 14.3. The maximum atomic E-state index is 11.6. The van der Waals surface area contributed by atoms with Crippen molar-refractivity contribution in [3.8, 4) is 5.75 Å². The summed E-state index contributed by atoms with van der Waals surface area (Å²) in [6.07, 6.45) is 1.08. The fraction of sp³-hybridized carbons (Fsp3) is 0.364. The largest absolute Gasteiger partial charge is 0.495 e. The fourth-order valence-corrected chi connectivity index (χ4v) is 1.62. The number of ether oxygens (including phenoxy) is 2. The summed E-state index contributed by atoms with van der Waals surface area (Å²) in [5, 5.41) is 0. The standard InChI is InChI=1S/C11H15NO5S/c1-16-10-4-3-8(7-9(10)12)11(13)17-5-6-18(2,14)15/h3-4,7H,5-6,12H2,1-2H3. The minimum absolute atomic E-state index is 0.177. The van der Waals surface area contributed by atoms with Crippen molar-refractivity contribution < 1.29 is 22.7 Å². The summed E-state index contributed by atoms with van der Waals surface area (Å²) in [5.41, 5.74) is 6.21.